The topological polar surface area (TPSA) is 33.2 Å². The van der Waals surface area contributed by atoms with Crippen LogP contribution in [0.3, 0.4) is 0 Å². The molecule has 112 valence electrons. The second-order valence-corrected chi connectivity index (χ2v) is 6.84. The van der Waals surface area contributed by atoms with E-state index in [9.17, 15) is 4.79 Å². The zero-order chi connectivity index (χ0) is 15.1. The predicted octanol–water partition coefficient (Wildman–Crippen LogP) is 4.38. The maximum absolute atomic E-state index is 12.6. The molecule has 0 saturated heterocycles. The summed E-state index contributed by atoms with van der Waals surface area (Å²) in [5.74, 6) is 1.32. The molecule has 0 N–H and O–H groups in total. The molecule has 0 aromatic carbocycles. The van der Waals surface area contributed by atoms with Gasteiger partial charge in [0, 0.05) is 24.8 Å². The van der Waals surface area contributed by atoms with Gasteiger partial charge in [0.25, 0.3) is 5.91 Å². The highest BCUT2D eigenvalue weighted by molar-refractivity contribution is 9.10. The molecule has 0 fully saturated rings. The molecule has 0 saturated carbocycles. The molecular weight excluding hydrogens is 316 g/mol. The Bertz CT molecular complexity index is 420. The van der Waals surface area contributed by atoms with Crippen molar-refractivity contribution in [3.8, 4) is 0 Å². The Morgan fingerprint density at radius 2 is 1.75 bits per heavy atom. The van der Waals surface area contributed by atoms with Crippen molar-refractivity contribution in [2.24, 2.45) is 11.8 Å². The zero-order valence-corrected chi connectivity index (χ0v) is 14.5. The quantitative estimate of drug-likeness (QED) is 0.690. The van der Waals surface area contributed by atoms with E-state index in [1.165, 1.54) is 0 Å². The molecule has 1 aromatic rings. The fourth-order valence-electron chi connectivity index (χ4n) is 1.86. The molecule has 0 aliphatic rings. The Morgan fingerprint density at radius 3 is 2.20 bits per heavy atom. The Morgan fingerprint density at radius 1 is 1.20 bits per heavy atom. The lowest BCUT2D eigenvalue weighted by Crippen LogP contribution is -2.34. The van der Waals surface area contributed by atoms with E-state index in [4.69, 9.17) is 0 Å². The first-order valence-electron chi connectivity index (χ1n) is 7.31. The fourth-order valence-corrected chi connectivity index (χ4v) is 2.23. The summed E-state index contributed by atoms with van der Waals surface area (Å²) < 4.78 is 0.705. The number of rotatable bonds is 7. The Labute approximate surface area is 130 Å². The third kappa shape index (κ3) is 6.04. The number of hydrogen-bond donors (Lipinski definition) is 0. The normalized spacial score (nSPS) is 11.2. The maximum atomic E-state index is 12.6. The number of nitrogens with zero attached hydrogens (tertiary/aromatic N) is 2. The number of carbonyl (C=O) groups excluding carboxylic acids is 1. The van der Waals surface area contributed by atoms with Gasteiger partial charge in [-0.2, -0.15) is 0 Å². The van der Waals surface area contributed by atoms with Crippen LogP contribution in [-0.2, 0) is 0 Å². The highest BCUT2D eigenvalue weighted by Crippen LogP contribution is 2.13. The Kier molecular flexibility index (Phi) is 7.20. The lowest BCUT2D eigenvalue weighted by molar-refractivity contribution is 0.0740. The first-order chi connectivity index (χ1) is 9.40. The molecule has 20 heavy (non-hydrogen) atoms. The van der Waals surface area contributed by atoms with Gasteiger partial charge < -0.3 is 4.90 Å². The molecule has 0 unspecified atom stereocenters. The van der Waals surface area contributed by atoms with Crippen molar-refractivity contribution in [2.75, 3.05) is 13.1 Å². The van der Waals surface area contributed by atoms with Gasteiger partial charge >= 0.3 is 0 Å². The molecular formula is C16H25BrN2O. The van der Waals surface area contributed by atoms with E-state index in [1.807, 2.05) is 4.90 Å². The summed E-state index contributed by atoms with van der Waals surface area (Å²) in [6, 6.07) is 3.57. The number of halogens is 1. The largest absolute Gasteiger partial charge is 0.339 e. The highest BCUT2D eigenvalue weighted by atomic mass is 79.9. The van der Waals surface area contributed by atoms with Crippen LogP contribution in [0.2, 0.25) is 0 Å². The van der Waals surface area contributed by atoms with E-state index in [1.54, 1.807) is 18.3 Å². The van der Waals surface area contributed by atoms with Crippen LogP contribution in [0.4, 0.5) is 0 Å². The summed E-state index contributed by atoms with van der Waals surface area (Å²) in [5, 5.41) is 0. The molecule has 0 spiro atoms. The van der Waals surface area contributed by atoms with Gasteiger partial charge in [-0.1, -0.05) is 27.7 Å². The van der Waals surface area contributed by atoms with Crippen LogP contribution in [-0.4, -0.2) is 28.9 Å². The zero-order valence-electron chi connectivity index (χ0n) is 12.9. The fraction of sp³-hybridized carbons (Fsp3) is 0.625. The first-order valence-corrected chi connectivity index (χ1v) is 8.10. The number of amides is 1. The second kappa shape index (κ2) is 8.40. The molecule has 0 aliphatic heterocycles. The highest BCUT2D eigenvalue weighted by Gasteiger charge is 2.16. The molecule has 1 amide bonds. The van der Waals surface area contributed by atoms with Crippen LogP contribution >= 0.6 is 15.9 Å². The number of pyridine rings is 1. The minimum Gasteiger partial charge on any atom is -0.339 e. The van der Waals surface area contributed by atoms with Crippen molar-refractivity contribution in [1.82, 2.24) is 9.88 Å². The minimum atomic E-state index is 0.106. The van der Waals surface area contributed by atoms with Crippen molar-refractivity contribution in [3.63, 3.8) is 0 Å². The molecule has 4 heteroatoms. The van der Waals surface area contributed by atoms with Gasteiger partial charge in [0.05, 0.1) is 0 Å². The molecule has 0 bridgehead atoms. The standard InChI is InChI=1S/C16H25BrN2O/c1-12(2)6-9-19(10-7-13(3)4)16(20)14-5-8-18-15(17)11-14/h5,8,11-13H,6-7,9-10H2,1-4H3. The molecule has 0 aliphatic carbocycles. The second-order valence-electron chi connectivity index (χ2n) is 6.02. The van der Waals surface area contributed by atoms with E-state index in [-0.39, 0.29) is 5.91 Å². The lowest BCUT2D eigenvalue weighted by Gasteiger charge is -2.24. The molecule has 0 radical (unpaired) electrons. The number of hydrogen-bond acceptors (Lipinski definition) is 2. The lowest BCUT2D eigenvalue weighted by atomic mass is 10.1. The van der Waals surface area contributed by atoms with Gasteiger partial charge in [-0.25, -0.2) is 4.98 Å². The predicted molar refractivity (Wildman–Crippen MR) is 86.8 cm³/mol. The van der Waals surface area contributed by atoms with Crippen LogP contribution < -0.4 is 0 Å². The Hall–Kier alpha value is -0.900. The van der Waals surface area contributed by atoms with Gasteiger partial charge in [0.1, 0.15) is 4.60 Å². The van der Waals surface area contributed by atoms with Crippen molar-refractivity contribution >= 4 is 21.8 Å². The molecule has 1 rings (SSSR count). The molecule has 1 aromatic heterocycles. The molecule has 3 nitrogen and oxygen atoms in total. The average Bonchev–Trinajstić information content (AvgIpc) is 2.37. The van der Waals surface area contributed by atoms with Crippen LogP contribution in [0.1, 0.15) is 50.9 Å². The van der Waals surface area contributed by atoms with E-state index in [0.717, 1.165) is 25.9 Å². The summed E-state index contributed by atoms with van der Waals surface area (Å²) in [7, 11) is 0. The monoisotopic (exact) mass is 340 g/mol. The van der Waals surface area contributed by atoms with E-state index in [2.05, 4.69) is 48.6 Å². The first kappa shape index (κ1) is 17.2. The van der Waals surface area contributed by atoms with E-state index >= 15 is 0 Å². The van der Waals surface area contributed by atoms with Gasteiger partial charge in [-0.15, -0.1) is 0 Å². The third-order valence-electron chi connectivity index (χ3n) is 3.21. The minimum absolute atomic E-state index is 0.106. The van der Waals surface area contributed by atoms with Crippen LogP contribution in [0, 0.1) is 11.8 Å². The number of aromatic nitrogens is 1. The van der Waals surface area contributed by atoms with Crippen molar-refractivity contribution in [2.45, 2.75) is 40.5 Å². The van der Waals surface area contributed by atoms with Crippen molar-refractivity contribution in [1.29, 1.82) is 0 Å². The summed E-state index contributed by atoms with van der Waals surface area (Å²) in [6.45, 7) is 10.4. The summed E-state index contributed by atoms with van der Waals surface area (Å²) >= 11 is 3.32. The van der Waals surface area contributed by atoms with Gasteiger partial charge in [0.15, 0.2) is 0 Å². The average molecular weight is 341 g/mol. The smallest absolute Gasteiger partial charge is 0.254 e. The van der Waals surface area contributed by atoms with Crippen LogP contribution in [0.25, 0.3) is 0 Å². The van der Waals surface area contributed by atoms with E-state index < -0.39 is 0 Å². The molecule has 1 heterocycles. The third-order valence-corrected chi connectivity index (χ3v) is 3.65. The van der Waals surface area contributed by atoms with Gasteiger partial charge in [-0.3, -0.25) is 4.79 Å². The summed E-state index contributed by atoms with van der Waals surface area (Å²) in [5.41, 5.74) is 0.708. The molecule has 0 atom stereocenters. The Balaban J connectivity index is 2.76. The maximum Gasteiger partial charge on any atom is 0.254 e. The van der Waals surface area contributed by atoms with Gasteiger partial charge in [0.2, 0.25) is 0 Å². The van der Waals surface area contributed by atoms with Crippen LogP contribution in [0.5, 0.6) is 0 Å². The summed E-state index contributed by atoms with van der Waals surface area (Å²) in [6.07, 6.45) is 3.74. The van der Waals surface area contributed by atoms with E-state index in [0.29, 0.717) is 22.0 Å². The van der Waals surface area contributed by atoms with Crippen LogP contribution in [0.15, 0.2) is 22.9 Å². The SMILES string of the molecule is CC(C)CCN(CCC(C)C)C(=O)c1ccnc(Br)c1. The van der Waals surface area contributed by atoms with Gasteiger partial charge in [-0.05, 0) is 52.7 Å². The summed E-state index contributed by atoms with van der Waals surface area (Å²) in [4.78, 5) is 18.6. The van der Waals surface area contributed by atoms with Crippen molar-refractivity contribution < 1.29 is 4.79 Å². The van der Waals surface area contributed by atoms with Crippen molar-refractivity contribution in [3.05, 3.63) is 28.5 Å². The number of carbonyl (C=O) groups is 1.